The summed E-state index contributed by atoms with van der Waals surface area (Å²) in [7, 11) is 0. The third kappa shape index (κ3) is 2.45. The van der Waals surface area contributed by atoms with E-state index in [1.807, 2.05) is 25.1 Å². The second kappa shape index (κ2) is 5.38. The zero-order chi connectivity index (χ0) is 14.3. The number of aryl methyl sites for hydroxylation is 1. The summed E-state index contributed by atoms with van der Waals surface area (Å²) < 4.78 is 14.7. The van der Waals surface area contributed by atoms with Gasteiger partial charge in [-0.05, 0) is 70.6 Å². The molecule has 0 amide bonds. The lowest BCUT2D eigenvalue weighted by molar-refractivity contribution is 0.612. The molecule has 20 heavy (non-hydrogen) atoms. The molecule has 1 atom stereocenters. The van der Waals surface area contributed by atoms with Crippen LogP contribution in [0.3, 0.4) is 0 Å². The fourth-order valence-corrected chi connectivity index (χ4v) is 3.44. The van der Waals surface area contributed by atoms with E-state index in [0.717, 1.165) is 44.7 Å². The van der Waals surface area contributed by atoms with Gasteiger partial charge in [0, 0.05) is 9.50 Å². The molecule has 104 valence electrons. The van der Waals surface area contributed by atoms with Gasteiger partial charge in [-0.15, -0.1) is 0 Å². The minimum Gasteiger partial charge on any atom is -0.377 e. The maximum absolute atomic E-state index is 13.7. The second-order valence-electron chi connectivity index (χ2n) is 5.12. The van der Waals surface area contributed by atoms with Crippen molar-refractivity contribution in [1.82, 2.24) is 0 Å². The topological polar surface area (TPSA) is 12.0 Å². The molecule has 2 aromatic rings. The number of halogens is 3. The van der Waals surface area contributed by atoms with E-state index in [1.54, 1.807) is 6.07 Å². The smallest absolute Gasteiger partial charge is 0.126 e. The van der Waals surface area contributed by atoms with Crippen LogP contribution in [0.5, 0.6) is 0 Å². The molecule has 4 heteroatoms. The molecule has 0 saturated heterocycles. The Labute approximate surface area is 131 Å². The van der Waals surface area contributed by atoms with Crippen LogP contribution in [0.4, 0.5) is 10.1 Å². The fraction of sp³-hybridized carbons (Fsp3) is 0.250. The first kappa shape index (κ1) is 13.9. The summed E-state index contributed by atoms with van der Waals surface area (Å²) in [5, 5.41) is 4.19. The lowest BCUT2D eigenvalue weighted by Crippen LogP contribution is -2.08. The lowest BCUT2D eigenvalue weighted by atomic mass is 10.1. The van der Waals surface area contributed by atoms with E-state index >= 15 is 0 Å². The van der Waals surface area contributed by atoms with Crippen molar-refractivity contribution in [2.45, 2.75) is 25.8 Å². The van der Waals surface area contributed by atoms with Crippen molar-refractivity contribution in [3.8, 4) is 0 Å². The molecule has 0 saturated carbocycles. The molecule has 1 aliphatic carbocycles. The Bertz CT molecular complexity index is 672. The molecule has 1 nitrogen and oxygen atoms in total. The van der Waals surface area contributed by atoms with Gasteiger partial charge in [0.05, 0.1) is 11.7 Å². The maximum Gasteiger partial charge on any atom is 0.126 e. The lowest BCUT2D eigenvalue weighted by Gasteiger charge is -2.17. The minimum atomic E-state index is -0.104. The molecule has 1 N–H and O–H groups in total. The van der Waals surface area contributed by atoms with Gasteiger partial charge in [-0.25, -0.2) is 4.39 Å². The van der Waals surface area contributed by atoms with Crippen LogP contribution in [0, 0.1) is 12.7 Å². The van der Waals surface area contributed by atoms with Crippen LogP contribution < -0.4 is 5.32 Å². The third-order valence-corrected chi connectivity index (χ3v) is 4.85. The highest BCUT2D eigenvalue weighted by atomic mass is 79.9. The summed E-state index contributed by atoms with van der Waals surface area (Å²) in [4.78, 5) is 0. The molecule has 0 spiro atoms. The molecule has 0 aromatic heterocycles. The Hall–Kier alpha value is -1.06. The largest absolute Gasteiger partial charge is 0.377 e. The van der Waals surface area contributed by atoms with Gasteiger partial charge in [0.15, 0.2) is 0 Å². The molecule has 0 heterocycles. The fourth-order valence-electron chi connectivity index (χ4n) is 2.70. The SMILES string of the molecule is Cc1cc(Br)c(NC2CCc3c(F)cccc32)cc1Cl. The van der Waals surface area contributed by atoms with Crippen molar-refractivity contribution >= 4 is 33.2 Å². The normalized spacial score (nSPS) is 17.1. The first-order valence-corrected chi connectivity index (χ1v) is 7.73. The van der Waals surface area contributed by atoms with Gasteiger partial charge in [0.1, 0.15) is 5.82 Å². The molecule has 2 aromatic carbocycles. The van der Waals surface area contributed by atoms with Crippen LogP contribution in [0.2, 0.25) is 5.02 Å². The van der Waals surface area contributed by atoms with Crippen molar-refractivity contribution < 1.29 is 4.39 Å². The van der Waals surface area contributed by atoms with Crippen molar-refractivity contribution in [1.29, 1.82) is 0 Å². The Kier molecular flexibility index (Phi) is 3.74. The summed E-state index contributed by atoms with van der Waals surface area (Å²) in [6, 6.07) is 9.33. The number of hydrogen-bond acceptors (Lipinski definition) is 1. The third-order valence-electron chi connectivity index (χ3n) is 3.79. The summed E-state index contributed by atoms with van der Waals surface area (Å²) in [5.41, 5.74) is 3.86. The monoisotopic (exact) mass is 353 g/mol. The molecule has 0 fully saturated rings. The van der Waals surface area contributed by atoms with E-state index in [1.165, 1.54) is 6.07 Å². The summed E-state index contributed by atoms with van der Waals surface area (Å²) in [6.07, 6.45) is 1.67. The van der Waals surface area contributed by atoms with Crippen molar-refractivity contribution in [2.75, 3.05) is 5.32 Å². The van der Waals surface area contributed by atoms with Gasteiger partial charge in [-0.3, -0.25) is 0 Å². The molecule has 0 bridgehead atoms. The molecule has 3 rings (SSSR count). The van der Waals surface area contributed by atoms with Crippen molar-refractivity contribution in [2.24, 2.45) is 0 Å². The van der Waals surface area contributed by atoms with Crippen LogP contribution in [0.15, 0.2) is 34.8 Å². The zero-order valence-electron chi connectivity index (χ0n) is 11.0. The maximum atomic E-state index is 13.7. The predicted molar refractivity (Wildman–Crippen MR) is 85.0 cm³/mol. The van der Waals surface area contributed by atoms with Crippen LogP contribution in [0.25, 0.3) is 0 Å². The number of fused-ring (bicyclic) bond motifs is 1. The molecular formula is C16H14BrClFN. The number of nitrogens with one attached hydrogen (secondary N) is 1. The first-order chi connectivity index (χ1) is 9.56. The van der Waals surface area contributed by atoms with Gasteiger partial charge < -0.3 is 5.32 Å². The molecule has 1 unspecified atom stereocenters. The predicted octanol–water partition coefficient (Wildman–Crippen LogP) is 5.65. The summed E-state index contributed by atoms with van der Waals surface area (Å²) in [6.45, 7) is 1.97. The minimum absolute atomic E-state index is 0.104. The van der Waals surface area contributed by atoms with Gasteiger partial charge in [-0.2, -0.15) is 0 Å². The number of benzene rings is 2. The number of hydrogen-bond donors (Lipinski definition) is 1. The molecule has 1 aliphatic rings. The van der Waals surface area contributed by atoms with E-state index < -0.39 is 0 Å². The highest BCUT2D eigenvalue weighted by Crippen LogP contribution is 2.38. The molecule has 0 aliphatic heterocycles. The van der Waals surface area contributed by atoms with Gasteiger partial charge in [0.25, 0.3) is 0 Å². The standard InChI is InChI=1S/C16H14BrClFN/c1-9-7-12(17)16(8-13(9)18)20-15-6-5-10-11(15)3-2-4-14(10)19/h2-4,7-8,15,20H,5-6H2,1H3. The van der Waals surface area contributed by atoms with Crippen LogP contribution in [-0.4, -0.2) is 0 Å². The van der Waals surface area contributed by atoms with E-state index in [2.05, 4.69) is 21.2 Å². The van der Waals surface area contributed by atoms with Crippen LogP contribution in [-0.2, 0) is 6.42 Å². The van der Waals surface area contributed by atoms with Crippen LogP contribution in [0.1, 0.15) is 29.2 Å². The van der Waals surface area contributed by atoms with Gasteiger partial charge in [0.2, 0.25) is 0 Å². The average molecular weight is 355 g/mol. The van der Waals surface area contributed by atoms with E-state index in [0.29, 0.717) is 0 Å². The number of anilines is 1. The summed E-state index contributed by atoms with van der Waals surface area (Å²) in [5.74, 6) is -0.104. The quantitative estimate of drug-likeness (QED) is 0.735. The molecule has 0 radical (unpaired) electrons. The highest BCUT2D eigenvalue weighted by molar-refractivity contribution is 9.10. The van der Waals surface area contributed by atoms with Crippen molar-refractivity contribution in [3.63, 3.8) is 0 Å². The Morgan fingerprint density at radius 3 is 2.95 bits per heavy atom. The first-order valence-electron chi connectivity index (χ1n) is 6.55. The van der Waals surface area contributed by atoms with E-state index in [-0.39, 0.29) is 11.9 Å². The second-order valence-corrected chi connectivity index (χ2v) is 6.39. The van der Waals surface area contributed by atoms with Crippen LogP contribution >= 0.6 is 27.5 Å². The molecular weight excluding hydrogens is 341 g/mol. The van der Waals surface area contributed by atoms with Crippen molar-refractivity contribution in [3.05, 3.63) is 62.3 Å². The average Bonchev–Trinajstić information content (AvgIpc) is 2.81. The van der Waals surface area contributed by atoms with E-state index in [9.17, 15) is 4.39 Å². The van der Waals surface area contributed by atoms with Gasteiger partial charge in [-0.1, -0.05) is 23.7 Å². The number of rotatable bonds is 2. The zero-order valence-corrected chi connectivity index (χ0v) is 13.4. The van der Waals surface area contributed by atoms with E-state index in [4.69, 9.17) is 11.6 Å². The Morgan fingerprint density at radius 2 is 2.15 bits per heavy atom. The Morgan fingerprint density at radius 1 is 1.35 bits per heavy atom. The van der Waals surface area contributed by atoms with Gasteiger partial charge >= 0.3 is 0 Å². The Balaban J connectivity index is 1.91. The highest BCUT2D eigenvalue weighted by Gasteiger charge is 2.25. The summed E-state index contributed by atoms with van der Waals surface area (Å²) >= 11 is 9.72.